The first-order chi connectivity index (χ1) is 10.6. The van der Waals surface area contributed by atoms with E-state index < -0.39 is 0 Å². The molecule has 0 aliphatic heterocycles. The fraction of sp³-hybridized carbons (Fsp3) is 0.333. The van der Waals surface area contributed by atoms with E-state index in [2.05, 4.69) is 48.5 Å². The number of carbonyl (C=O) groups is 1. The van der Waals surface area contributed by atoms with Crippen molar-refractivity contribution in [3.63, 3.8) is 0 Å². The number of rotatable bonds is 6. The molecule has 4 heteroatoms. The van der Waals surface area contributed by atoms with Crippen LogP contribution in [0.4, 0.5) is 17.2 Å². The molecule has 1 heterocycles. The summed E-state index contributed by atoms with van der Waals surface area (Å²) in [6.45, 7) is 6.22. The van der Waals surface area contributed by atoms with Crippen LogP contribution in [0.1, 0.15) is 37.3 Å². The fourth-order valence-corrected chi connectivity index (χ4v) is 2.24. The predicted octanol–water partition coefficient (Wildman–Crippen LogP) is 4.57. The summed E-state index contributed by atoms with van der Waals surface area (Å²) in [7, 11) is 0. The van der Waals surface area contributed by atoms with Gasteiger partial charge in [0.25, 0.3) is 0 Å². The van der Waals surface area contributed by atoms with Gasteiger partial charge in [-0.15, -0.1) is 0 Å². The Bertz CT molecular complexity index is 615. The summed E-state index contributed by atoms with van der Waals surface area (Å²) >= 11 is 0. The molecule has 0 fully saturated rings. The molecule has 0 unspecified atom stereocenters. The Labute approximate surface area is 132 Å². The van der Waals surface area contributed by atoms with Gasteiger partial charge in [-0.1, -0.05) is 31.5 Å². The van der Waals surface area contributed by atoms with Gasteiger partial charge in [-0.25, -0.2) is 4.98 Å². The number of nitrogens with zero attached hydrogens (tertiary/aromatic N) is 1. The largest absolute Gasteiger partial charge is 0.354 e. The summed E-state index contributed by atoms with van der Waals surface area (Å²) in [5.74, 6) is 0.609. The van der Waals surface area contributed by atoms with Gasteiger partial charge in [0.15, 0.2) is 0 Å². The first-order valence-corrected chi connectivity index (χ1v) is 7.69. The van der Waals surface area contributed by atoms with Crippen LogP contribution in [0, 0.1) is 13.8 Å². The molecular formula is C18H23N3O. The molecule has 22 heavy (non-hydrogen) atoms. The second kappa shape index (κ2) is 7.59. The topological polar surface area (TPSA) is 54.0 Å². The third-order valence-corrected chi connectivity index (χ3v) is 3.54. The van der Waals surface area contributed by atoms with E-state index >= 15 is 0 Å². The molecule has 0 radical (unpaired) electrons. The Balaban J connectivity index is 2.02. The highest BCUT2D eigenvalue weighted by molar-refractivity contribution is 5.89. The highest BCUT2D eigenvalue weighted by atomic mass is 16.1. The second-order valence-electron chi connectivity index (χ2n) is 5.48. The van der Waals surface area contributed by atoms with Gasteiger partial charge in [0.1, 0.15) is 5.82 Å². The van der Waals surface area contributed by atoms with E-state index in [1.54, 1.807) is 6.20 Å². The first-order valence-electron chi connectivity index (χ1n) is 7.69. The minimum Gasteiger partial charge on any atom is -0.354 e. The van der Waals surface area contributed by atoms with E-state index in [4.69, 9.17) is 0 Å². The van der Waals surface area contributed by atoms with Crippen LogP contribution in [-0.2, 0) is 4.79 Å². The molecule has 0 saturated carbocycles. The van der Waals surface area contributed by atoms with Crippen LogP contribution in [0.25, 0.3) is 0 Å². The average Bonchev–Trinajstić information content (AvgIpc) is 2.51. The molecule has 2 N–H and O–H groups in total. The number of aromatic nitrogens is 1. The predicted molar refractivity (Wildman–Crippen MR) is 91.6 cm³/mol. The van der Waals surface area contributed by atoms with Gasteiger partial charge in [-0.05, 0) is 43.5 Å². The Morgan fingerprint density at radius 2 is 1.86 bits per heavy atom. The molecule has 1 aromatic heterocycles. The maximum absolute atomic E-state index is 11.7. The molecule has 0 bridgehead atoms. The number of para-hydroxylation sites is 1. The Morgan fingerprint density at radius 1 is 1.14 bits per heavy atom. The van der Waals surface area contributed by atoms with Crippen molar-refractivity contribution in [3.05, 3.63) is 47.7 Å². The van der Waals surface area contributed by atoms with Crippen LogP contribution in [0.3, 0.4) is 0 Å². The number of nitrogens with one attached hydrogen (secondary N) is 2. The number of carbonyl (C=O) groups excluding carboxylic acids is 1. The van der Waals surface area contributed by atoms with Crippen molar-refractivity contribution in [2.24, 2.45) is 0 Å². The highest BCUT2D eigenvalue weighted by Crippen LogP contribution is 2.24. The highest BCUT2D eigenvalue weighted by Gasteiger charge is 2.05. The van der Waals surface area contributed by atoms with Crippen molar-refractivity contribution in [3.8, 4) is 0 Å². The minimum absolute atomic E-state index is 0.0183. The van der Waals surface area contributed by atoms with E-state index in [9.17, 15) is 4.79 Å². The van der Waals surface area contributed by atoms with Gasteiger partial charge in [-0.2, -0.15) is 0 Å². The normalized spacial score (nSPS) is 10.3. The molecule has 0 atom stereocenters. The zero-order valence-electron chi connectivity index (χ0n) is 13.4. The van der Waals surface area contributed by atoms with Crippen LogP contribution < -0.4 is 10.6 Å². The third kappa shape index (κ3) is 4.32. The maximum atomic E-state index is 11.7. The molecule has 0 aliphatic carbocycles. The molecule has 0 aliphatic rings. The van der Waals surface area contributed by atoms with E-state index in [1.165, 1.54) is 11.1 Å². The van der Waals surface area contributed by atoms with Gasteiger partial charge in [0.05, 0.1) is 11.9 Å². The number of amides is 1. The number of unbranched alkanes of at least 4 members (excludes halogenated alkanes) is 1. The SMILES string of the molecule is CCCCC(=O)Nc1ccc(Nc2c(C)cccc2C)cn1. The Hall–Kier alpha value is -2.36. The van der Waals surface area contributed by atoms with Gasteiger partial charge in [0.2, 0.25) is 5.91 Å². The standard InChI is InChI=1S/C18H23N3O/c1-4-5-9-17(22)21-16-11-10-15(12-19-16)20-18-13(2)7-6-8-14(18)3/h6-8,10-12,20H,4-5,9H2,1-3H3,(H,19,21,22). The molecule has 0 spiro atoms. The quantitative estimate of drug-likeness (QED) is 0.821. The van der Waals surface area contributed by atoms with Crippen molar-refractivity contribution >= 4 is 23.1 Å². The van der Waals surface area contributed by atoms with Crippen LogP contribution in [0.5, 0.6) is 0 Å². The minimum atomic E-state index is 0.0183. The van der Waals surface area contributed by atoms with E-state index in [1.807, 2.05) is 18.2 Å². The molecule has 116 valence electrons. The number of anilines is 3. The lowest BCUT2D eigenvalue weighted by atomic mass is 10.1. The molecule has 4 nitrogen and oxygen atoms in total. The van der Waals surface area contributed by atoms with Gasteiger partial charge in [0, 0.05) is 12.1 Å². The maximum Gasteiger partial charge on any atom is 0.225 e. The Morgan fingerprint density at radius 3 is 2.45 bits per heavy atom. The smallest absolute Gasteiger partial charge is 0.225 e. The van der Waals surface area contributed by atoms with Crippen LogP contribution in [0.2, 0.25) is 0 Å². The van der Waals surface area contributed by atoms with Crippen molar-refractivity contribution in [1.82, 2.24) is 4.98 Å². The number of hydrogen-bond acceptors (Lipinski definition) is 3. The number of pyridine rings is 1. The molecule has 0 saturated heterocycles. The lowest BCUT2D eigenvalue weighted by Crippen LogP contribution is -2.12. The number of benzene rings is 1. The summed E-state index contributed by atoms with van der Waals surface area (Å²) in [6, 6.07) is 9.94. The average molecular weight is 297 g/mol. The summed E-state index contributed by atoms with van der Waals surface area (Å²) in [4.78, 5) is 16.0. The molecule has 2 aromatic rings. The zero-order chi connectivity index (χ0) is 15.9. The van der Waals surface area contributed by atoms with Crippen LogP contribution >= 0.6 is 0 Å². The van der Waals surface area contributed by atoms with E-state index in [-0.39, 0.29) is 5.91 Å². The van der Waals surface area contributed by atoms with Crippen molar-refractivity contribution < 1.29 is 4.79 Å². The van der Waals surface area contributed by atoms with E-state index in [0.717, 1.165) is 24.2 Å². The molecule has 1 amide bonds. The Kier molecular flexibility index (Phi) is 5.53. The zero-order valence-corrected chi connectivity index (χ0v) is 13.4. The number of hydrogen-bond donors (Lipinski definition) is 2. The van der Waals surface area contributed by atoms with Gasteiger partial charge < -0.3 is 10.6 Å². The molecule has 2 rings (SSSR count). The summed E-state index contributed by atoms with van der Waals surface area (Å²) < 4.78 is 0. The van der Waals surface area contributed by atoms with Crippen molar-refractivity contribution in [2.45, 2.75) is 40.0 Å². The van der Waals surface area contributed by atoms with Crippen LogP contribution in [0.15, 0.2) is 36.5 Å². The molecule has 1 aromatic carbocycles. The van der Waals surface area contributed by atoms with E-state index in [0.29, 0.717) is 12.2 Å². The monoisotopic (exact) mass is 297 g/mol. The van der Waals surface area contributed by atoms with Crippen LogP contribution in [-0.4, -0.2) is 10.9 Å². The van der Waals surface area contributed by atoms with Gasteiger partial charge >= 0.3 is 0 Å². The summed E-state index contributed by atoms with van der Waals surface area (Å²) in [6.07, 6.45) is 4.19. The third-order valence-electron chi connectivity index (χ3n) is 3.54. The summed E-state index contributed by atoms with van der Waals surface area (Å²) in [5, 5.41) is 6.19. The lowest BCUT2D eigenvalue weighted by Gasteiger charge is -2.12. The second-order valence-corrected chi connectivity index (χ2v) is 5.48. The summed E-state index contributed by atoms with van der Waals surface area (Å²) in [5.41, 5.74) is 4.39. The molecular weight excluding hydrogens is 274 g/mol. The first kappa shape index (κ1) is 16.0. The van der Waals surface area contributed by atoms with Gasteiger partial charge in [-0.3, -0.25) is 4.79 Å². The van der Waals surface area contributed by atoms with Crippen molar-refractivity contribution in [1.29, 1.82) is 0 Å². The lowest BCUT2D eigenvalue weighted by molar-refractivity contribution is -0.116. The number of aryl methyl sites for hydroxylation is 2. The van der Waals surface area contributed by atoms with Crippen molar-refractivity contribution in [2.75, 3.05) is 10.6 Å². The fourth-order valence-electron chi connectivity index (χ4n) is 2.24.